The molecule has 0 radical (unpaired) electrons. The summed E-state index contributed by atoms with van der Waals surface area (Å²) in [7, 11) is 0. The van der Waals surface area contributed by atoms with E-state index in [1.807, 2.05) is 12.3 Å². The number of amides is 1. The van der Waals surface area contributed by atoms with Crippen LogP contribution in [0.3, 0.4) is 0 Å². The molecule has 1 N–H and O–H groups in total. The summed E-state index contributed by atoms with van der Waals surface area (Å²) in [4.78, 5) is 13.1. The lowest BCUT2D eigenvalue weighted by molar-refractivity contribution is -0.122. The van der Waals surface area contributed by atoms with Gasteiger partial charge in [0.1, 0.15) is 5.82 Å². The Labute approximate surface area is 126 Å². The van der Waals surface area contributed by atoms with Gasteiger partial charge in [-0.1, -0.05) is 0 Å². The first-order chi connectivity index (χ1) is 10.2. The lowest BCUT2D eigenvalue weighted by Crippen LogP contribution is -2.31. The van der Waals surface area contributed by atoms with E-state index in [-0.39, 0.29) is 17.8 Å². The fourth-order valence-electron chi connectivity index (χ4n) is 2.43. The monoisotopic (exact) mass is 305 g/mol. The average Bonchev–Trinajstić information content (AvgIpc) is 2.99. The predicted octanol–water partition coefficient (Wildman–Crippen LogP) is 2.77. The van der Waals surface area contributed by atoms with Crippen LogP contribution in [0.4, 0.5) is 4.39 Å². The summed E-state index contributed by atoms with van der Waals surface area (Å²) in [5.74, 6) is 0.646. The molecule has 0 saturated heterocycles. The fraction of sp³-hybridized carbons (Fsp3) is 0.333. The number of hydrogen-bond donors (Lipinski definition) is 1. The number of carbonyl (C=O) groups is 1. The number of benzene rings is 1. The van der Waals surface area contributed by atoms with E-state index < -0.39 is 0 Å². The molecular weight excluding hydrogens is 289 g/mol. The number of fused-ring (bicyclic) bond motifs is 1. The van der Waals surface area contributed by atoms with Gasteiger partial charge in [-0.3, -0.25) is 9.48 Å². The van der Waals surface area contributed by atoms with Crippen molar-refractivity contribution in [3.05, 3.63) is 48.0 Å². The number of thioether (sulfide) groups is 1. The van der Waals surface area contributed by atoms with Crippen molar-refractivity contribution >= 4 is 17.7 Å². The Morgan fingerprint density at radius 1 is 1.52 bits per heavy atom. The van der Waals surface area contributed by atoms with E-state index in [0.717, 1.165) is 22.6 Å². The third-order valence-electron chi connectivity index (χ3n) is 3.47. The maximum atomic E-state index is 13.4. The number of nitrogens with zero attached hydrogens (tertiary/aromatic N) is 2. The van der Waals surface area contributed by atoms with Gasteiger partial charge in [0.25, 0.3) is 0 Å². The molecule has 1 aromatic carbocycles. The second kappa shape index (κ2) is 6.30. The number of rotatable bonds is 4. The number of nitrogens with one attached hydrogen (secondary N) is 1. The van der Waals surface area contributed by atoms with Crippen LogP contribution in [0.1, 0.15) is 24.4 Å². The second-order valence-electron chi connectivity index (χ2n) is 4.96. The molecule has 2 aromatic rings. The molecule has 1 amide bonds. The first-order valence-corrected chi connectivity index (χ1v) is 7.90. The third kappa shape index (κ3) is 3.44. The smallest absolute Gasteiger partial charge is 0.222 e. The third-order valence-corrected chi connectivity index (χ3v) is 4.60. The van der Waals surface area contributed by atoms with Crippen LogP contribution in [-0.4, -0.2) is 21.4 Å². The van der Waals surface area contributed by atoms with Gasteiger partial charge in [0.15, 0.2) is 0 Å². The van der Waals surface area contributed by atoms with Crippen LogP contribution in [0.5, 0.6) is 0 Å². The molecule has 0 aliphatic carbocycles. The van der Waals surface area contributed by atoms with Crippen molar-refractivity contribution in [2.75, 3.05) is 5.75 Å². The quantitative estimate of drug-likeness (QED) is 0.945. The Morgan fingerprint density at radius 2 is 2.43 bits per heavy atom. The average molecular weight is 305 g/mol. The molecule has 21 heavy (non-hydrogen) atoms. The van der Waals surface area contributed by atoms with Gasteiger partial charge in [-0.05, 0) is 36.2 Å². The highest BCUT2D eigenvalue weighted by molar-refractivity contribution is 7.99. The van der Waals surface area contributed by atoms with Crippen molar-refractivity contribution in [2.24, 2.45) is 0 Å². The largest absolute Gasteiger partial charge is 0.349 e. The lowest BCUT2D eigenvalue weighted by atomic mass is 10.0. The summed E-state index contributed by atoms with van der Waals surface area (Å²) in [5.41, 5.74) is 0.888. The van der Waals surface area contributed by atoms with E-state index in [1.165, 1.54) is 12.1 Å². The van der Waals surface area contributed by atoms with E-state index in [2.05, 4.69) is 10.4 Å². The standard InChI is InChI=1S/C15H16FN3OS/c16-11-2-3-14-12(10-11)13(5-9-21-14)18-15(20)4-8-19-7-1-6-17-19/h1-3,6-7,10,13H,4-5,8-9H2,(H,18,20)/t13-/m1/s1. The maximum Gasteiger partial charge on any atom is 0.222 e. The van der Waals surface area contributed by atoms with Gasteiger partial charge in [0, 0.05) is 36.0 Å². The van der Waals surface area contributed by atoms with Crippen molar-refractivity contribution in [3.8, 4) is 0 Å². The SMILES string of the molecule is O=C(CCn1cccn1)N[C@@H]1CCSc2ccc(F)cc21. The summed E-state index contributed by atoms with van der Waals surface area (Å²) in [5, 5.41) is 7.07. The Kier molecular flexibility index (Phi) is 4.24. The second-order valence-corrected chi connectivity index (χ2v) is 6.10. The number of halogens is 1. The summed E-state index contributed by atoms with van der Waals surface area (Å²) in [6, 6.07) is 6.52. The minimum atomic E-state index is -0.257. The van der Waals surface area contributed by atoms with Gasteiger partial charge in [-0.25, -0.2) is 4.39 Å². The van der Waals surface area contributed by atoms with Gasteiger partial charge in [0.05, 0.1) is 6.04 Å². The van der Waals surface area contributed by atoms with Crippen LogP contribution in [0.2, 0.25) is 0 Å². The summed E-state index contributed by atoms with van der Waals surface area (Å²) in [6.45, 7) is 0.552. The molecule has 0 unspecified atom stereocenters. The highest BCUT2D eigenvalue weighted by Crippen LogP contribution is 2.36. The van der Waals surface area contributed by atoms with Crippen LogP contribution in [0, 0.1) is 5.82 Å². The molecule has 1 aliphatic heterocycles. The van der Waals surface area contributed by atoms with E-state index in [0.29, 0.717) is 13.0 Å². The molecule has 6 heteroatoms. The highest BCUT2D eigenvalue weighted by atomic mass is 32.2. The lowest BCUT2D eigenvalue weighted by Gasteiger charge is -2.26. The molecular formula is C15H16FN3OS. The number of aromatic nitrogens is 2. The molecule has 1 atom stereocenters. The molecule has 0 bridgehead atoms. The van der Waals surface area contributed by atoms with Crippen molar-refractivity contribution in [2.45, 2.75) is 30.3 Å². The zero-order chi connectivity index (χ0) is 14.7. The minimum absolute atomic E-state index is 0.0300. The number of carbonyl (C=O) groups excluding carboxylic acids is 1. The molecule has 0 spiro atoms. The van der Waals surface area contributed by atoms with Gasteiger partial charge in [-0.15, -0.1) is 11.8 Å². The molecule has 1 aliphatic rings. The Morgan fingerprint density at radius 3 is 3.24 bits per heavy atom. The van der Waals surface area contributed by atoms with Crippen LogP contribution in [-0.2, 0) is 11.3 Å². The van der Waals surface area contributed by atoms with Crippen molar-refractivity contribution < 1.29 is 9.18 Å². The first kappa shape index (κ1) is 14.1. The molecule has 0 saturated carbocycles. The number of hydrogen-bond acceptors (Lipinski definition) is 3. The molecule has 0 fully saturated rings. The van der Waals surface area contributed by atoms with Crippen LogP contribution < -0.4 is 5.32 Å². The minimum Gasteiger partial charge on any atom is -0.349 e. The summed E-state index contributed by atoms with van der Waals surface area (Å²) in [6.07, 6.45) is 4.72. The summed E-state index contributed by atoms with van der Waals surface area (Å²) < 4.78 is 15.1. The molecule has 110 valence electrons. The Hall–Kier alpha value is -1.82. The molecule has 1 aromatic heterocycles. The molecule has 4 nitrogen and oxygen atoms in total. The van der Waals surface area contributed by atoms with Gasteiger partial charge >= 0.3 is 0 Å². The van der Waals surface area contributed by atoms with Gasteiger partial charge in [-0.2, -0.15) is 5.10 Å². The van der Waals surface area contributed by atoms with E-state index in [1.54, 1.807) is 28.7 Å². The highest BCUT2D eigenvalue weighted by Gasteiger charge is 2.22. The van der Waals surface area contributed by atoms with Gasteiger partial charge < -0.3 is 5.32 Å². The zero-order valence-electron chi connectivity index (χ0n) is 11.5. The zero-order valence-corrected chi connectivity index (χ0v) is 12.3. The van der Waals surface area contributed by atoms with Crippen LogP contribution >= 0.6 is 11.8 Å². The Balaban J connectivity index is 1.63. The van der Waals surface area contributed by atoms with Crippen molar-refractivity contribution in [1.82, 2.24) is 15.1 Å². The molecule has 3 rings (SSSR count). The Bertz CT molecular complexity index is 630. The van der Waals surface area contributed by atoms with E-state index in [4.69, 9.17) is 0 Å². The molecule has 2 heterocycles. The number of aryl methyl sites for hydroxylation is 1. The van der Waals surface area contributed by atoms with E-state index in [9.17, 15) is 9.18 Å². The normalized spacial score (nSPS) is 17.3. The van der Waals surface area contributed by atoms with Crippen molar-refractivity contribution in [3.63, 3.8) is 0 Å². The van der Waals surface area contributed by atoms with Crippen LogP contribution in [0.15, 0.2) is 41.6 Å². The van der Waals surface area contributed by atoms with Crippen molar-refractivity contribution in [1.29, 1.82) is 0 Å². The van der Waals surface area contributed by atoms with Crippen LogP contribution in [0.25, 0.3) is 0 Å². The first-order valence-electron chi connectivity index (χ1n) is 6.91. The van der Waals surface area contributed by atoms with Gasteiger partial charge in [0.2, 0.25) is 5.91 Å². The van der Waals surface area contributed by atoms with E-state index >= 15 is 0 Å². The predicted molar refractivity (Wildman–Crippen MR) is 79.5 cm³/mol. The topological polar surface area (TPSA) is 46.9 Å². The maximum absolute atomic E-state index is 13.4. The summed E-state index contributed by atoms with van der Waals surface area (Å²) >= 11 is 1.71. The fourth-order valence-corrected chi connectivity index (χ4v) is 3.54.